The summed E-state index contributed by atoms with van der Waals surface area (Å²) in [6.07, 6.45) is 3.46. The molecular formula is C12H19BN2O3. The van der Waals surface area contributed by atoms with Gasteiger partial charge in [0, 0.05) is 6.20 Å². The second kappa shape index (κ2) is 4.53. The molecule has 0 saturated carbocycles. The van der Waals surface area contributed by atoms with Gasteiger partial charge in [-0.05, 0) is 45.3 Å². The van der Waals surface area contributed by atoms with Gasteiger partial charge in [-0.1, -0.05) is 0 Å². The third-order valence-electron chi connectivity index (χ3n) is 3.60. The molecule has 0 bridgehead atoms. The Bertz CT molecular complexity index is 424. The second-order valence-corrected chi connectivity index (χ2v) is 5.48. The van der Waals surface area contributed by atoms with Gasteiger partial charge in [-0.25, -0.2) is 0 Å². The average Bonchev–Trinajstić information content (AvgIpc) is 2.82. The molecule has 1 aliphatic rings. The zero-order valence-corrected chi connectivity index (χ0v) is 11.2. The summed E-state index contributed by atoms with van der Waals surface area (Å²) in [4.78, 5) is 0. The van der Waals surface area contributed by atoms with Gasteiger partial charge in [0.25, 0.3) is 0 Å². The molecule has 0 radical (unpaired) electrons. The van der Waals surface area contributed by atoms with E-state index in [2.05, 4.69) is 10.2 Å². The van der Waals surface area contributed by atoms with E-state index in [0.29, 0.717) is 5.47 Å². The Balaban J connectivity index is 2.22. The van der Waals surface area contributed by atoms with Gasteiger partial charge in [0.2, 0.25) is 0 Å². The van der Waals surface area contributed by atoms with Crippen molar-refractivity contribution < 1.29 is 14.4 Å². The van der Waals surface area contributed by atoms with Crippen LogP contribution in [0.1, 0.15) is 33.4 Å². The van der Waals surface area contributed by atoms with Crippen LogP contribution in [0.15, 0.2) is 17.7 Å². The van der Waals surface area contributed by atoms with E-state index in [-0.39, 0.29) is 6.61 Å². The molecule has 0 aliphatic carbocycles. The molecule has 1 aromatic heterocycles. The van der Waals surface area contributed by atoms with Gasteiger partial charge < -0.3 is 14.4 Å². The molecule has 0 spiro atoms. The Morgan fingerprint density at radius 2 is 2.00 bits per heavy atom. The van der Waals surface area contributed by atoms with Crippen LogP contribution in [-0.4, -0.2) is 40.2 Å². The smallest absolute Gasteiger partial charge is 0.400 e. The number of hydrogen-bond acceptors (Lipinski definition) is 4. The molecule has 2 heterocycles. The van der Waals surface area contributed by atoms with Crippen LogP contribution in [0.3, 0.4) is 0 Å². The molecule has 1 aromatic rings. The molecule has 1 saturated heterocycles. The van der Waals surface area contributed by atoms with Crippen LogP contribution in [0.5, 0.6) is 0 Å². The molecule has 0 atom stereocenters. The summed E-state index contributed by atoms with van der Waals surface area (Å²) in [5.41, 5.74) is 0.687. The monoisotopic (exact) mass is 250 g/mol. The first-order chi connectivity index (χ1) is 8.36. The van der Waals surface area contributed by atoms with Crippen LogP contribution in [-0.2, 0) is 9.31 Å². The summed E-state index contributed by atoms with van der Waals surface area (Å²) in [7, 11) is -0.525. The summed E-state index contributed by atoms with van der Waals surface area (Å²) in [6, 6.07) is 1.82. The lowest BCUT2D eigenvalue weighted by atomic mass is 9.78. The molecule has 1 aliphatic heterocycles. The number of rotatable bonds is 3. The number of aliphatic hydroxyl groups is 1. The maximum Gasteiger partial charge on any atom is 0.492 e. The first-order valence-electron chi connectivity index (χ1n) is 6.02. The van der Waals surface area contributed by atoms with Gasteiger partial charge >= 0.3 is 7.12 Å². The Labute approximate surface area is 107 Å². The third-order valence-corrected chi connectivity index (χ3v) is 3.60. The highest BCUT2D eigenvalue weighted by Gasteiger charge is 2.52. The normalized spacial score (nSPS) is 22.5. The highest BCUT2D eigenvalue weighted by molar-refractivity contribution is 6.55. The molecule has 0 unspecified atom stereocenters. The molecule has 1 fully saturated rings. The van der Waals surface area contributed by atoms with Gasteiger partial charge in [-0.3, -0.25) is 5.10 Å². The number of aromatic nitrogens is 2. The van der Waals surface area contributed by atoms with Crippen molar-refractivity contribution in [3.63, 3.8) is 0 Å². The number of nitrogens with zero attached hydrogens (tertiary/aromatic N) is 1. The molecule has 0 aromatic carbocycles. The SMILES string of the molecule is CC1(C)OB(C(=Cc2ccn[nH]2)CO)OC1(C)C. The molecule has 0 amide bonds. The average molecular weight is 250 g/mol. The number of aliphatic hydroxyl groups excluding tert-OH is 1. The molecule has 6 heteroatoms. The minimum atomic E-state index is -0.525. The minimum Gasteiger partial charge on any atom is -0.400 e. The van der Waals surface area contributed by atoms with E-state index in [4.69, 9.17) is 9.31 Å². The number of aromatic amines is 1. The van der Waals surface area contributed by atoms with Crippen LogP contribution >= 0.6 is 0 Å². The molecule has 5 nitrogen and oxygen atoms in total. The summed E-state index contributed by atoms with van der Waals surface area (Å²) in [5.74, 6) is 0. The van der Waals surface area contributed by atoms with Crippen molar-refractivity contribution in [2.24, 2.45) is 0 Å². The van der Waals surface area contributed by atoms with Crippen molar-refractivity contribution in [2.45, 2.75) is 38.9 Å². The van der Waals surface area contributed by atoms with Crippen molar-refractivity contribution in [2.75, 3.05) is 6.61 Å². The van der Waals surface area contributed by atoms with Crippen molar-refractivity contribution >= 4 is 13.2 Å². The van der Waals surface area contributed by atoms with Gasteiger partial charge in [0.05, 0.1) is 23.5 Å². The number of nitrogens with one attached hydrogen (secondary N) is 1. The van der Waals surface area contributed by atoms with E-state index in [1.54, 1.807) is 12.3 Å². The fourth-order valence-electron chi connectivity index (χ4n) is 1.73. The third kappa shape index (κ3) is 2.36. The number of hydrogen-bond donors (Lipinski definition) is 2. The van der Waals surface area contributed by atoms with E-state index in [9.17, 15) is 5.11 Å². The quantitative estimate of drug-likeness (QED) is 0.796. The van der Waals surface area contributed by atoms with E-state index in [1.807, 2.05) is 33.8 Å². The highest BCUT2D eigenvalue weighted by Crippen LogP contribution is 2.38. The molecule has 2 N–H and O–H groups in total. The van der Waals surface area contributed by atoms with E-state index < -0.39 is 18.3 Å². The topological polar surface area (TPSA) is 67.4 Å². The largest absolute Gasteiger partial charge is 0.492 e. The van der Waals surface area contributed by atoms with Crippen molar-refractivity contribution in [3.8, 4) is 0 Å². The van der Waals surface area contributed by atoms with Crippen molar-refractivity contribution in [1.82, 2.24) is 10.2 Å². The summed E-state index contributed by atoms with van der Waals surface area (Å²) < 4.78 is 11.8. The first-order valence-corrected chi connectivity index (χ1v) is 6.02. The maximum atomic E-state index is 9.46. The van der Waals surface area contributed by atoms with E-state index in [0.717, 1.165) is 5.69 Å². The van der Waals surface area contributed by atoms with Gasteiger partial charge in [0.15, 0.2) is 0 Å². The highest BCUT2D eigenvalue weighted by atomic mass is 16.7. The lowest BCUT2D eigenvalue weighted by Gasteiger charge is -2.32. The standard InChI is InChI=1S/C12H19BN2O3/c1-11(2)12(3,4)18-13(17-11)9(8-16)7-10-5-6-14-15-10/h5-7,16H,8H2,1-4H3,(H,14,15). The zero-order chi connectivity index (χ0) is 13.4. The fraction of sp³-hybridized carbons (Fsp3) is 0.583. The fourth-order valence-corrected chi connectivity index (χ4v) is 1.73. The zero-order valence-electron chi connectivity index (χ0n) is 11.2. The predicted molar refractivity (Wildman–Crippen MR) is 69.7 cm³/mol. The molecule has 98 valence electrons. The molecule has 18 heavy (non-hydrogen) atoms. The Hall–Kier alpha value is -1.11. The van der Waals surface area contributed by atoms with Gasteiger partial charge in [-0.2, -0.15) is 5.10 Å². The van der Waals surface area contributed by atoms with Crippen LogP contribution in [0, 0.1) is 0 Å². The Kier molecular flexibility index (Phi) is 3.36. The Morgan fingerprint density at radius 1 is 1.39 bits per heavy atom. The van der Waals surface area contributed by atoms with Crippen LogP contribution < -0.4 is 0 Å². The van der Waals surface area contributed by atoms with Gasteiger partial charge in [-0.15, -0.1) is 0 Å². The lowest BCUT2D eigenvalue weighted by Crippen LogP contribution is -2.41. The lowest BCUT2D eigenvalue weighted by molar-refractivity contribution is 0.00578. The molecule has 2 rings (SSSR count). The van der Waals surface area contributed by atoms with Gasteiger partial charge in [0.1, 0.15) is 0 Å². The van der Waals surface area contributed by atoms with Crippen molar-refractivity contribution in [3.05, 3.63) is 23.4 Å². The van der Waals surface area contributed by atoms with Crippen LogP contribution in [0.25, 0.3) is 6.08 Å². The van der Waals surface area contributed by atoms with E-state index in [1.165, 1.54) is 0 Å². The van der Waals surface area contributed by atoms with Crippen LogP contribution in [0.2, 0.25) is 0 Å². The first kappa shape index (κ1) is 13.3. The summed E-state index contributed by atoms with van der Waals surface area (Å²) in [6.45, 7) is 7.82. The predicted octanol–water partition coefficient (Wildman–Crippen LogP) is 1.42. The maximum absolute atomic E-state index is 9.46. The summed E-state index contributed by atoms with van der Waals surface area (Å²) in [5, 5.41) is 16.1. The summed E-state index contributed by atoms with van der Waals surface area (Å²) >= 11 is 0. The minimum absolute atomic E-state index is 0.115. The van der Waals surface area contributed by atoms with E-state index >= 15 is 0 Å². The molecular weight excluding hydrogens is 231 g/mol. The second-order valence-electron chi connectivity index (χ2n) is 5.48. The Morgan fingerprint density at radius 3 is 2.44 bits per heavy atom. The number of H-pyrrole nitrogens is 1. The van der Waals surface area contributed by atoms with Crippen molar-refractivity contribution in [1.29, 1.82) is 0 Å². The van der Waals surface area contributed by atoms with Crippen LogP contribution in [0.4, 0.5) is 0 Å².